The molecule has 2 aromatic carbocycles. The second kappa shape index (κ2) is 7.28. The van der Waals surface area contributed by atoms with E-state index in [4.69, 9.17) is 5.10 Å². The lowest BCUT2D eigenvalue weighted by Crippen LogP contribution is -2.02. The Bertz CT molecular complexity index is 899. The molecule has 0 fully saturated rings. The number of rotatable bonds is 6. The summed E-state index contributed by atoms with van der Waals surface area (Å²) in [5, 5.41) is 16.0. The van der Waals surface area contributed by atoms with Gasteiger partial charge in [-0.3, -0.25) is 4.68 Å². The van der Waals surface area contributed by atoms with Crippen LogP contribution < -0.4 is 16.0 Å². The number of nitrogens with one attached hydrogen (secondary N) is 3. The van der Waals surface area contributed by atoms with Crippen LogP contribution in [0.4, 0.5) is 17.1 Å². The summed E-state index contributed by atoms with van der Waals surface area (Å²) in [5.41, 5.74) is 7.85. The van der Waals surface area contributed by atoms with Crippen LogP contribution in [0.25, 0.3) is 22.0 Å². The van der Waals surface area contributed by atoms with Gasteiger partial charge in [0.25, 0.3) is 0 Å². The normalized spacial score (nSPS) is 11.2. The van der Waals surface area contributed by atoms with Gasteiger partial charge in [0.05, 0.1) is 0 Å². The summed E-state index contributed by atoms with van der Waals surface area (Å²) in [6.07, 6.45) is 1.02. The maximum Gasteiger partial charge on any atom is 0.101 e. The molecule has 0 saturated carbocycles. The van der Waals surface area contributed by atoms with Gasteiger partial charge in [-0.2, -0.15) is 5.10 Å². The van der Waals surface area contributed by atoms with Crippen LogP contribution in [0.2, 0.25) is 0 Å². The molecule has 0 aliphatic heterocycles. The molecule has 3 N–H and O–H groups in total. The van der Waals surface area contributed by atoms with E-state index in [9.17, 15) is 0 Å². The van der Waals surface area contributed by atoms with Crippen LogP contribution in [0.3, 0.4) is 0 Å². The SMILES string of the molecule is CNc1cc(NC)c(-c2cccc3c(CC(C)C)n(C)nc23)c(NC)c1. The number of hydrogen-bond acceptors (Lipinski definition) is 4. The summed E-state index contributed by atoms with van der Waals surface area (Å²) in [6.45, 7) is 4.49. The highest BCUT2D eigenvalue weighted by Gasteiger charge is 2.18. The van der Waals surface area contributed by atoms with Crippen molar-refractivity contribution in [2.45, 2.75) is 20.3 Å². The van der Waals surface area contributed by atoms with Crippen molar-refractivity contribution in [2.24, 2.45) is 13.0 Å². The van der Waals surface area contributed by atoms with Crippen molar-refractivity contribution in [1.29, 1.82) is 0 Å². The van der Waals surface area contributed by atoms with E-state index in [-0.39, 0.29) is 0 Å². The lowest BCUT2D eigenvalue weighted by atomic mass is 9.96. The molecule has 26 heavy (non-hydrogen) atoms. The first-order valence-electron chi connectivity index (χ1n) is 9.16. The summed E-state index contributed by atoms with van der Waals surface area (Å²) in [5.74, 6) is 0.591. The van der Waals surface area contributed by atoms with Crippen molar-refractivity contribution < 1.29 is 0 Å². The number of hydrogen-bond donors (Lipinski definition) is 3. The minimum absolute atomic E-state index is 0.591. The van der Waals surface area contributed by atoms with Gasteiger partial charge in [0.2, 0.25) is 0 Å². The zero-order valence-electron chi connectivity index (χ0n) is 16.6. The monoisotopic (exact) mass is 351 g/mol. The smallest absolute Gasteiger partial charge is 0.101 e. The Balaban J connectivity index is 2.30. The van der Waals surface area contributed by atoms with E-state index >= 15 is 0 Å². The van der Waals surface area contributed by atoms with Gasteiger partial charge in [-0.15, -0.1) is 0 Å². The van der Waals surface area contributed by atoms with Crippen LogP contribution in [0.5, 0.6) is 0 Å². The van der Waals surface area contributed by atoms with E-state index < -0.39 is 0 Å². The maximum absolute atomic E-state index is 4.88. The predicted octanol–water partition coefficient (Wildman–Crippen LogP) is 4.56. The number of fused-ring (bicyclic) bond motifs is 1. The third-order valence-electron chi connectivity index (χ3n) is 4.82. The lowest BCUT2D eigenvalue weighted by Gasteiger charge is -2.17. The van der Waals surface area contributed by atoms with E-state index in [0.717, 1.165) is 40.1 Å². The molecule has 0 atom stereocenters. The van der Waals surface area contributed by atoms with Gasteiger partial charge >= 0.3 is 0 Å². The molecule has 0 radical (unpaired) electrons. The van der Waals surface area contributed by atoms with E-state index in [2.05, 4.69) is 60.1 Å². The number of anilines is 3. The molecular weight excluding hydrogens is 322 g/mol. The van der Waals surface area contributed by atoms with Gasteiger partial charge in [0.1, 0.15) is 5.52 Å². The molecule has 1 heterocycles. The number of aromatic nitrogens is 2. The van der Waals surface area contributed by atoms with Gasteiger partial charge < -0.3 is 16.0 Å². The molecular formula is C21H29N5. The second-order valence-electron chi connectivity index (χ2n) is 7.07. The van der Waals surface area contributed by atoms with E-state index in [1.54, 1.807) is 0 Å². The van der Waals surface area contributed by atoms with Crippen molar-refractivity contribution in [2.75, 3.05) is 37.1 Å². The minimum Gasteiger partial charge on any atom is -0.388 e. The molecule has 0 amide bonds. The standard InChI is InChI=1S/C21H29N5/c1-13(2)10-19-15-8-7-9-16(21(15)25-26(19)6)20-17(23-4)11-14(22-3)12-18(20)24-5/h7-9,11-13,22-24H,10H2,1-6H3. The van der Waals surface area contributed by atoms with Crippen LogP contribution in [0, 0.1) is 5.92 Å². The van der Waals surface area contributed by atoms with Crippen LogP contribution in [-0.2, 0) is 13.5 Å². The van der Waals surface area contributed by atoms with Crippen LogP contribution >= 0.6 is 0 Å². The van der Waals surface area contributed by atoms with Crippen molar-refractivity contribution in [1.82, 2.24) is 9.78 Å². The van der Waals surface area contributed by atoms with Gasteiger partial charge in [-0.25, -0.2) is 0 Å². The fourth-order valence-electron chi connectivity index (χ4n) is 3.57. The highest BCUT2D eigenvalue weighted by atomic mass is 15.3. The van der Waals surface area contributed by atoms with Gasteiger partial charge in [-0.05, 0) is 24.5 Å². The number of nitrogens with zero attached hydrogens (tertiary/aromatic N) is 2. The zero-order chi connectivity index (χ0) is 18.8. The van der Waals surface area contributed by atoms with Crippen molar-refractivity contribution in [3.05, 3.63) is 36.0 Å². The molecule has 0 spiro atoms. The summed E-state index contributed by atoms with van der Waals surface area (Å²) in [7, 11) is 7.90. The third-order valence-corrected chi connectivity index (χ3v) is 4.82. The molecule has 138 valence electrons. The van der Waals surface area contributed by atoms with Crippen LogP contribution in [-0.4, -0.2) is 30.9 Å². The largest absolute Gasteiger partial charge is 0.388 e. The van der Waals surface area contributed by atoms with E-state index in [1.165, 1.54) is 11.1 Å². The maximum atomic E-state index is 4.88. The van der Waals surface area contributed by atoms with E-state index in [0.29, 0.717) is 5.92 Å². The Morgan fingerprint density at radius 1 is 1.00 bits per heavy atom. The fraction of sp³-hybridized carbons (Fsp3) is 0.381. The first-order valence-corrected chi connectivity index (χ1v) is 9.16. The first kappa shape index (κ1) is 18.1. The summed E-state index contributed by atoms with van der Waals surface area (Å²) < 4.78 is 2.04. The number of aryl methyl sites for hydroxylation is 1. The zero-order valence-corrected chi connectivity index (χ0v) is 16.6. The Morgan fingerprint density at radius 2 is 1.65 bits per heavy atom. The Labute approximate surface area is 155 Å². The fourth-order valence-corrected chi connectivity index (χ4v) is 3.57. The lowest BCUT2D eigenvalue weighted by molar-refractivity contribution is 0.600. The highest BCUT2D eigenvalue weighted by Crippen LogP contribution is 2.41. The molecule has 0 saturated heterocycles. The topological polar surface area (TPSA) is 53.9 Å². The van der Waals surface area contributed by atoms with E-state index in [1.807, 2.05) is 32.9 Å². The molecule has 1 aromatic heterocycles. The van der Waals surface area contributed by atoms with Crippen LogP contribution in [0.1, 0.15) is 19.5 Å². The molecule has 0 unspecified atom stereocenters. The summed E-state index contributed by atoms with van der Waals surface area (Å²) in [4.78, 5) is 0. The quantitative estimate of drug-likeness (QED) is 0.609. The Hall–Kier alpha value is -2.69. The molecule has 3 rings (SSSR count). The molecule has 3 aromatic rings. The van der Waals surface area contributed by atoms with Crippen molar-refractivity contribution in [3.63, 3.8) is 0 Å². The summed E-state index contributed by atoms with van der Waals surface area (Å²) in [6, 6.07) is 10.7. The van der Waals surface area contributed by atoms with Gasteiger partial charge in [0.15, 0.2) is 0 Å². The molecule has 0 aliphatic carbocycles. The molecule has 5 heteroatoms. The Morgan fingerprint density at radius 3 is 2.19 bits per heavy atom. The molecule has 0 bridgehead atoms. The van der Waals surface area contributed by atoms with Crippen molar-refractivity contribution >= 4 is 28.0 Å². The second-order valence-corrected chi connectivity index (χ2v) is 7.07. The summed E-state index contributed by atoms with van der Waals surface area (Å²) >= 11 is 0. The highest BCUT2D eigenvalue weighted by molar-refractivity contribution is 6.03. The van der Waals surface area contributed by atoms with Gasteiger partial charge in [-0.1, -0.05) is 32.0 Å². The average molecular weight is 351 g/mol. The van der Waals surface area contributed by atoms with Crippen LogP contribution in [0.15, 0.2) is 30.3 Å². The van der Waals surface area contributed by atoms with Crippen molar-refractivity contribution in [3.8, 4) is 11.1 Å². The minimum atomic E-state index is 0.591. The Kier molecular flexibility index (Phi) is 5.07. The first-order chi connectivity index (χ1) is 12.5. The average Bonchev–Trinajstić information content (AvgIpc) is 2.95. The van der Waals surface area contributed by atoms with Gasteiger partial charge in [0, 0.05) is 67.5 Å². The third kappa shape index (κ3) is 3.09. The molecule has 0 aliphatic rings. The molecule has 5 nitrogen and oxygen atoms in total. The number of benzene rings is 2. The predicted molar refractivity (Wildman–Crippen MR) is 113 cm³/mol.